The van der Waals surface area contributed by atoms with Crippen LogP contribution in [0, 0.1) is 0 Å². The molecular formula is C7H13N. The summed E-state index contributed by atoms with van der Waals surface area (Å²) < 4.78 is 0. The van der Waals surface area contributed by atoms with E-state index >= 15 is 0 Å². The first-order valence-electron chi connectivity index (χ1n) is 3.17. The Morgan fingerprint density at radius 1 is 1.62 bits per heavy atom. The second-order valence-corrected chi connectivity index (χ2v) is 2.71. The molecule has 1 fully saturated rings. The monoisotopic (exact) mass is 111 g/mol. The van der Waals surface area contributed by atoms with Crippen LogP contribution in [0.1, 0.15) is 25.7 Å². The largest absolute Gasteiger partial charge is 0.325 e. The molecule has 0 radical (unpaired) electrons. The highest BCUT2D eigenvalue weighted by molar-refractivity contribution is 4.97. The Bertz CT molecular complexity index is 92.6. The number of rotatable bonds is 2. The molecule has 1 nitrogen and oxygen atoms in total. The lowest BCUT2D eigenvalue weighted by molar-refractivity contribution is 0.252. The van der Waals surface area contributed by atoms with E-state index in [2.05, 4.69) is 6.58 Å². The van der Waals surface area contributed by atoms with Crippen molar-refractivity contribution in [3.8, 4) is 0 Å². The van der Waals surface area contributed by atoms with Gasteiger partial charge in [0.05, 0.1) is 0 Å². The second kappa shape index (κ2) is 1.90. The van der Waals surface area contributed by atoms with E-state index in [1.807, 2.05) is 6.08 Å². The Kier molecular flexibility index (Phi) is 1.39. The van der Waals surface area contributed by atoms with Crippen LogP contribution in [0.5, 0.6) is 0 Å². The summed E-state index contributed by atoms with van der Waals surface area (Å²) in [5.41, 5.74) is 6.00. The maximum absolute atomic E-state index is 5.84. The Morgan fingerprint density at radius 2 is 2.25 bits per heavy atom. The van der Waals surface area contributed by atoms with Gasteiger partial charge in [0.15, 0.2) is 0 Å². The van der Waals surface area contributed by atoms with Gasteiger partial charge in [0.25, 0.3) is 0 Å². The first-order valence-corrected chi connectivity index (χ1v) is 3.17. The lowest BCUT2D eigenvalue weighted by atomic mass is 9.75. The highest BCUT2D eigenvalue weighted by Crippen LogP contribution is 2.31. The van der Waals surface area contributed by atoms with Crippen molar-refractivity contribution in [3.05, 3.63) is 12.7 Å². The zero-order valence-corrected chi connectivity index (χ0v) is 5.19. The lowest BCUT2D eigenvalue weighted by Gasteiger charge is -2.37. The standard InChI is InChI=1S/C7H13N/c1-2-4-7(8)5-3-6-7/h2H,1,3-6,8H2. The van der Waals surface area contributed by atoms with Crippen molar-refractivity contribution in [2.24, 2.45) is 5.73 Å². The van der Waals surface area contributed by atoms with E-state index in [9.17, 15) is 0 Å². The zero-order chi connectivity index (χ0) is 6.04. The number of nitrogens with two attached hydrogens (primary N) is 1. The van der Waals surface area contributed by atoms with Gasteiger partial charge in [-0.15, -0.1) is 6.58 Å². The van der Waals surface area contributed by atoms with Crippen LogP contribution in [0.4, 0.5) is 0 Å². The fourth-order valence-corrected chi connectivity index (χ4v) is 1.12. The summed E-state index contributed by atoms with van der Waals surface area (Å²) in [7, 11) is 0. The van der Waals surface area contributed by atoms with Crippen molar-refractivity contribution in [1.29, 1.82) is 0 Å². The minimum absolute atomic E-state index is 0.155. The Labute approximate surface area is 50.6 Å². The summed E-state index contributed by atoms with van der Waals surface area (Å²) in [4.78, 5) is 0. The molecule has 0 spiro atoms. The molecule has 0 saturated heterocycles. The Hall–Kier alpha value is -0.300. The minimum atomic E-state index is 0.155. The van der Waals surface area contributed by atoms with E-state index in [0.717, 1.165) is 6.42 Å². The average Bonchev–Trinajstić information content (AvgIpc) is 1.64. The van der Waals surface area contributed by atoms with E-state index < -0.39 is 0 Å². The van der Waals surface area contributed by atoms with Gasteiger partial charge in [0.2, 0.25) is 0 Å². The Morgan fingerprint density at radius 3 is 2.38 bits per heavy atom. The van der Waals surface area contributed by atoms with Gasteiger partial charge in [-0.05, 0) is 25.7 Å². The van der Waals surface area contributed by atoms with E-state index in [1.54, 1.807) is 0 Å². The SMILES string of the molecule is C=CCC1(N)CCC1. The maximum atomic E-state index is 5.84. The summed E-state index contributed by atoms with van der Waals surface area (Å²) in [6, 6.07) is 0. The molecule has 8 heavy (non-hydrogen) atoms. The normalized spacial score (nSPS) is 24.1. The van der Waals surface area contributed by atoms with Gasteiger partial charge in [0, 0.05) is 5.54 Å². The molecule has 1 rings (SSSR count). The molecule has 0 heterocycles. The molecule has 1 aliphatic carbocycles. The van der Waals surface area contributed by atoms with Crippen molar-refractivity contribution < 1.29 is 0 Å². The van der Waals surface area contributed by atoms with Crippen molar-refractivity contribution in [2.75, 3.05) is 0 Å². The summed E-state index contributed by atoms with van der Waals surface area (Å²) >= 11 is 0. The van der Waals surface area contributed by atoms with Crippen LogP contribution in [0.2, 0.25) is 0 Å². The first kappa shape index (κ1) is 5.83. The third-order valence-corrected chi connectivity index (χ3v) is 1.90. The molecule has 0 amide bonds. The van der Waals surface area contributed by atoms with E-state index in [1.165, 1.54) is 19.3 Å². The van der Waals surface area contributed by atoms with Gasteiger partial charge in [-0.2, -0.15) is 0 Å². The molecule has 0 aromatic heterocycles. The molecule has 0 unspecified atom stereocenters. The van der Waals surface area contributed by atoms with Crippen LogP contribution in [-0.2, 0) is 0 Å². The minimum Gasteiger partial charge on any atom is -0.325 e. The van der Waals surface area contributed by atoms with Crippen molar-refractivity contribution in [3.63, 3.8) is 0 Å². The predicted octanol–water partition coefficient (Wildman–Crippen LogP) is 1.44. The van der Waals surface area contributed by atoms with Gasteiger partial charge in [-0.1, -0.05) is 6.08 Å². The third-order valence-electron chi connectivity index (χ3n) is 1.90. The smallest absolute Gasteiger partial charge is 0.0189 e. The average molecular weight is 111 g/mol. The highest BCUT2D eigenvalue weighted by atomic mass is 14.8. The quantitative estimate of drug-likeness (QED) is 0.536. The molecule has 0 aromatic carbocycles. The zero-order valence-electron chi connectivity index (χ0n) is 5.19. The maximum Gasteiger partial charge on any atom is 0.0189 e. The molecule has 46 valence electrons. The summed E-state index contributed by atoms with van der Waals surface area (Å²) in [6.07, 6.45) is 6.61. The van der Waals surface area contributed by atoms with E-state index in [0.29, 0.717) is 0 Å². The van der Waals surface area contributed by atoms with Gasteiger partial charge in [0.1, 0.15) is 0 Å². The molecule has 0 aromatic rings. The lowest BCUT2D eigenvalue weighted by Crippen LogP contribution is -2.45. The predicted molar refractivity (Wildman–Crippen MR) is 35.6 cm³/mol. The van der Waals surface area contributed by atoms with Gasteiger partial charge in [-0.25, -0.2) is 0 Å². The molecule has 1 saturated carbocycles. The van der Waals surface area contributed by atoms with Crippen LogP contribution < -0.4 is 5.73 Å². The molecule has 0 atom stereocenters. The van der Waals surface area contributed by atoms with Gasteiger partial charge < -0.3 is 5.73 Å². The fraction of sp³-hybridized carbons (Fsp3) is 0.714. The van der Waals surface area contributed by atoms with Crippen molar-refractivity contribution in [1.82, 2.24) is 0 Å². The van der Waals surface area contributed by atoms with E-state index in [-0.39, 0.29) is 5.54 Å². The van der Waals surface area contributed by atoms with Crippen LogP contribution in [0.3, 0.4) is 0 Å². The van der Waals surface area contributed by atoms with Crippen molar-refractivity contribution >= 4 is 0 Å². The summed E-state index contributed by atoms with van der Waals surface area (Å²) in [6.45, 7) is 3.65. The summed E-state index contributed by atoms with van der Waals surface area (Å²) in [5.74, 6) is 0. The molecule has 1 heteroatoms. The molecule has 0 bridgehead atoms. The fourth-order valence-electron chi connectivity index (χ4n) is 1.12. The van der Waals surface area contributed by atoms with E-state index in [4.69, 9.17) is 5.73 Å². The first-order chi connectivity index (χ1) is 3.77. The number of hydrogen-bond acceptors (Lipinski definition) is 1. The molecule has 0 aliphatic heterocycles. The van der Waals surface area contributed by atoms with Gasteiger partial charge in [-0.3, -0.25) is 0 Å². The topological polar surface area (TPSA) is 26.0 Å². The van der Waals surface area contributed by atoms with Crippen molar-refractivity contribution in [2.45, 2.75) is 31.2 Å². The number of hydrogen-bond donors (Lipinski definition) is 1. The van der Waals surface area contributed by atoms with Crippen LogP contribution in [-0.4, -0.2) is 5.54 Å². The third kappa shape index (κ3) is 0.920. The molecular weight excluding hydrogens is 98.1 g/mol. The van der Waals surface area contributed by atoms with Crippen LogP contribution in [0.25, 0.3) is 0 Å². The second-order valence-electron chi connectivity index (χ2n) is 2.71. The van der Waals surface area contributed by atoms with Crippen LogP contribution in [0.15, 0.2) is 12.7 Å². The Balaban J connectivity index is 2.29. The molecule has 2 N–H and O–H groups in total. The van der Waals surface area contributed by atoms with Gasteiger partial charge >= 0.3 is 0 Å². The summed E-state index contributed by atoms with van der Waals surface area (Å²) in [5, 5.41) is 0. The highest BCUT2D eigenvalue weighted by Gasteiger charge is 2.30. The van der Waals surface area contributed by atoms with Crippen LogP contribution >= 0.6 is 0 Å². The molecule has 1 aliphatic rings.